The molecule has 4 rings (SSSR count). The molecule has 1 aliphatic carbocycles. The van der Waals surface area contributed by atoms with E-state index in [-0.39, 0.29) is 11.9 Å². The fourth-order valence-corrected chi connectivity index (χ4v) is 5.09. The lowest BCUT2D eigenvalue weighted by Crippen LogP contribution is -2.39. The number of rotatable bonds is 3. The van der Waals surface area contributed by atoms with Gasteiger partial charge in [0, 0.05) is 30.1 Å². The molecule has 0 bridgehead atoms. The van der Waals surface area contributed by atoms with Crippen molar-refractivity contribution < 1.29 is 9.21 Å². The molecule has 140 valence electrons. The molecule has 1 saturated carbocycles. The van der Waals surface area contributed by atoms with Gasteiger partial charge in [-0.3, -0.25) is 14.7 Å². The van der Waals surface area contributed by atoms with Gasteiger partial charge in [-0.15, -0.1) is 0 Å². The van der Waals surface area contributed by atoms with Gasteiger partial charge in [0.25, 0.3) is 5.91 Å². The molecule has 1 amide bonds. The molecule has 3 heterocycles. The summed E-state index contributed by atoms with van der Waals surface area (Å²) in [6.07, 6.45) is 13.6. The van der Waals surface area contributed by atoms with Gasteiger partial charge >= 0.3 is 0 Å². The fraction of sp³-hybridized carbons (Fsp3) is 0.381. The number of hydrogen-bond donors (Lipinski definition) is 0. The van der Waals surface area contributed by atoms with Crippen LogP contribution in [0.5, 0.6) is 0 Å². The van der Waals surface area contributed by atoms with Crippen molar-refractivity contribution in [3.05, 3.63) is 47.3 Å². The van der Waals surface area contributed by atoms with E-state index in [0.29, 0.717) is 15.0 Å². The van der Waals surface area contributed by atoms with Crippen molar-refractivity contribution in [1.82, 2.24) is 9.88 Å². The summed E-state index contributed by atoms with van der Waals surface area (Å²) < 4.78 is 6.57. The van der Waals surface area contributed by atoms with E-state index in [1.54, 1.807) is 12.4 Å². The van der Waals surface area contributed by atoms with E-state index in [1.807, 2.05) is 35.2 Å². The quantitative estimate of drug-likeness (QED) is 0.493. The summed E-state index contributed by atoms with van der Waals surface area (Å²) in [5, 5.41) is 0. The number of nitrogens with zero attached hydrogens (tertiary/aromatic N) is 2. The van der Waals surface area contributed by atoms with E-state index in [1.165, 1.54) is 43.9 Å². The van der Waals surface area contributed by atoms with E-state index in [0.717, 1.165) is 24.2 Å². The summed E-state index contributed by atoms with van der Waals surface area (Å²) in [7, 11) is 0. The number of furan rings is 1. The van der Waals surface area contributed by atoms with Gasteiger partial charge in [0.15, 0.2) is 0 Å². The van der Waals surface area contributed by atoms with Crippen LogP contribution in [0.25, 0.3) is 17.4 Å². The standard InChI is InChI=1S/C21H22N2O2S2/c24-20-19(13-17-10-11-18(25-17)15-7-6-12-22-14-15)27-21(26)23(20)16-8-4-2-1-3-5-9-16/h6-7,10-14,16H,1-5,8-9H2. The summed E-state index contributed by atoms with van der Waals surface area (Å²) in [6.45, 7) is 0. The van der Waals surface area contributed by atoms with Gasteiger partial charge in [-0.05, 0) is 37.1 Å². The van der Waals surface area contributed by atoms with Crippen LogP contribution in [0.4, 0.5) is 0 Å². The van der Waals surface area contributed by atoms with Crippen LogP contribution >= 0.6 is 24.0 Å². The number of thiocarbonyl (C=S) groups is 1. The monoisotopic (exact) mass is 398 g/mol. The summed E-state index contributed by atoms with van der Waals surface area (Å²) in [5.41, 5.74) is 0.916. The van der Waals surface area contributed by atoms with E-state index in [2.05, 4.69) is 4.98 Å². The third-order valence-corrected chi connectivity index (χ3v) is 6.44. The molecule has 0 atom stereocenters. The molecule has 0 unspecified atom stereocenters. The van der Waals surface area contributed by atoms with E-state index in [9.17, 15) is 4.79 Å². The lowest BCUT2D eigenvalue weighted by Gasteiger charge is -2.28. The third kappa shape index (κ3) is 4.17. The molecule has 2 aromatic rings. The van der Waals surface area contributed by atoms with Crippen molar-refractivity contribution in [3.63, 3.8) is 0 Å². The molecule has 0 N–H and O–H groups in total. The second-order valence-corrected chi connectivity index (χ2v) is 8.67. The SMILES string of the molecule is O=C1C(=Cc2ccc(-c3cccnc3)o2)SC(=S)N1C1CCCCCCC1. The van der Waals surface area contributed by atoms with Crippen LogP contribution in [0.1, 0.15) is 50.7 Å². The maximum atomic E-state index is 13.0. The number of hydrogen-bond acceptors (Lipinski definition) is 5. The Morgan fingerprint density at radius 3 is 2.67 bits per heavy atom. The minimum Gasteiger partial charge on any atom is -0.457 e. The average molecular weight is 399 g/mol. The molecular weight excluding hydrogens is 376 g/mol. The molecule has 0 aromatic carbocycles. The molecule has 1 aliphatic heterocycles. The second-order valence-electron chi connectivity index (χ2n) is 6.99. The molecule has 27 heavy (non-hydrogen) atoms. The number of amides is 1. The largest absolute Gasteiger partial charge is 0.457 e. The molecule has 2 aromatic heterocycles. The minimum atomic E-state index is 0.0231. The first-order valence-corrected chi connectivity index (χ1v) is 10.7. The average Bonchev–Trinajstić information content (AvgIpc) is 3.22. The summed E-state index contributed by atoms with van der Waals surface area (Å²) in [4.78, 5) is 19.6. The van der Waals surface area contributed by atoms with Crippen LogP contribution in [-0.2, 0) is 4.79 Å². The van der Waals surface area contributed by atoms with Crippen LogP contribution < -0.4 is 0 Å². The Morgan fingerprint density at radius 2 is 1.93 bits per heavy atom. The molecule has 6 heteroatoms. The number of aromatic nitrogens is 1. The number of thioether (sulfide) groups is 1. The number of carbonyl (C=O) groups is 1. The van der Waals surface area contributed by atoms with Gasteiger partial charge in [-0.2, -0.15) is 0 Å². The van der Waals surface area contributed by atoms with Crippen molar-refractivity contribution in [2.75, 3.05) is 0 Å². The summed E-state index contributed by atoms with van der Waals surface area (Å²) >= 11 is 6.92. The van der Waals surface area contributed by atoms with Crippen molar-refractivity contribution in [2.24, 2.45) is 0 Å². The molecule has 1 saturated heterocycles. The maximum absolute atomic E-state index is 13.0. The lowest BCUT2D eigenvalue weighted by molar-refractivity contribution is -0.123. The van der Waals surface area contributed by atoms with Crippen molar-refractivity contribution in [2.45, 2.75) is 51.0 Å². The third-order valence-electron chi connectivity index (χ3n) is 5.11. The highest BCUT2D eigenvalue weighted by Gasteiger charge is 2.37. The first-order valence-electron chi connectivity index (χ1n) is 9.50. The van der Waals surface area contributed by atoms with Gasteiger partial charge in [0.2, 0.25) is 0 Å². The van der Waals surface area contributed by atoms with Crippen LogP contribution in [0, 0.1) is 0 Å². The predicted octanol–water partition coefficient (Wildman–Crippen LogP) is 5.66. The Morgan fingerprint density at radius 1 is 1.15 bits per heavy atom. The molecule has 0 spiro atoms. The lowest BCUT2D eigenvalue weighted by atomic mass is 9.96. The van der Waals surface area contributed by atoms with Crippen molar-refractivity contribution >= 4 is 40.3 Å². The smallest absolute Gasteiger partial charge is 0.266 e. The highest BCUT2D eigenvalue weighted by molar-refractivity contribution is 8.26. The summed E-state index contributed by atoms with van der Waals surface area (Å²) in [5.74, 6) is 1.42. The number of pyridine rings is 1. The topological polar surface area (TPSA) is 46.3 Å². The van der Waals surface area contributed by atoms with Gasteiger partial charge in [0.05, 0.1) is 4.91 Å². The van der Waals surface area contributed by atoms with Crippen molar-refractivity contribution in [1.29, 1.82) is 0 Å². The van der Waals surface area contributed by atoms with Gasteiger partial charge in [-0.25, -0.2) is 0 Å². The van der Waals surface area contributed by atoms with E-state index in [4.69, 9.17) is 16.6 Å². The Balaban J connectivity index is 1.52. The Hall–Kier alpha value is -1.92. The first kappa shape index (κ1) is 18.4. The Kier molecular flexibility index (Phi) is 5.74. The van der Waals surface area contributed by atoms with Gasteiger partial charge < -0.3 is 4.42 Å². The minimum absolute atomic E-state index is 0.0231. The van der Waals surface area contributed by atoms with Crippen LogP contribution in [-0.4, -0.2) is 26.2 Å². The molecule has 2 fully saturated rings. The van der Waals surface area contributed by atoms with E-state index >= 15 is 0 Å². The number of carbonyl (C=O) groups excluding carboxylic acids is 1. The zero-order valence-corrected chi connectivity index (χ0v) is 16.7. The maximum Gasteiger partial charge on any atom is 0.266 e. The fourth-order valence-electron chi connectivity index (χ4n) is 3.71. The van der Waals surface area contributed by atoms with Crippen LogP contribution in [0.15, 0.2) is 46.0 Å². The molecular formula is C21H22N2O2S2. The second kappa shape index (κ2) is 8.40. The zero-order chi connectivity index (χ0) is 18.6. The first-order chi connectivity index (χ1) is 13.2. The Labute approximate surface area is 169 Å². The van der Waals surface area contributed by atoms with Crippen LogP contribution in [0.3, 0.4) is 0 Å². The highest BCUT2D eigenvalue weighted by atomic mass is 32.2. The van der Waals surface area contributed by atoms with E-state index < -0.39 is 0 Å². The predicted molar refractivity (Wildman–Crippen MR) is 113 cm³/mol. The van der Waals surface area contributed by atoms with Crippen molar-refractivity contribution in [3.8, 4) is 11.3 Å². The normalized spacial score (nSPS) is 20.9. The van der Waals surface area contributed by atoms with Gasteiger partial charge in [-0.1, -0.05) is 56.1 Å². The molecule has 4 nitrogen and oxygen atoms in total. The highest BCUT2D eigenvalue weighted by Crippen LogP contribution is 2.37. The van der Waals surface area contributed by atoms with Gasteiger partial charge in [0.1, 0.15) is 15.8 Å². The summed E-state index contributed by atoms with van der Waals surface area (Å²) in [6, 6.07) is 7.84. The zero-order valence-electron chi connectivity index (χ0n) is 15.1. The molecule has 0 radical (unpaired) electrons. The Bertz CT molecular complexity index is 852. The van der Waals surface area contributed by atoms with Crippen LogP contribution in [0.2, 0.25) is 0 Å². The molecule has 2 aliphatic rings.